The van der Waals surface area contributed by atoms with Crippen LogP contribution in [0.2, 0.25) is 0 Å². The van der Waals surface area contributed by atoms with Gasteiger partial charge < -0.3 is 4.74 Å². The van der Waals surface area contributed by atoms with Gasteiger partial charge >= 0.3 is 0 Å². The first-order valence-corrected chi connectivity index (χ1v) is 8.78. The standard InChI is InChI=1S/C18H13N3O3S/c19-13-15-7-5-11-18(20-15)24-16-8-4-6-14(12-16)21-25(22,23)17-9-2-1-3-10-17/h1-12,21H. The highest BCUT2D eigenvalue weighted by atomic mass is 32.2. The third-order valence-electron chi connectivity index (χ3n) is 3.20. The summed E-state index contributed by atoms with van der Waals surface area (Å²) in [6.45, 7) is 0. The van der Waals surface area contributed by atoms with E-state index in [0.717, 1.165) is 0 Å². The summed E-state index contributed by atoms with van der Waals surface area (Å²) in [7, 11) is -3.68. The van der Waals surface area contributed by atoms with Crippen LogP contribution < -0.4 is 9.46 Å². The topological polar surface area (TPSA) is 92.1 Å². The Balaban J connectivity index is 1.81. The molecule has 3 aromatic rings. The smallest absolute Gasteiger partial charge is 0.261 e. The molecule has 0 aliphatic heterocycles. The van der Waals surface area contributed by atoms with Gasteiger partial charge in [0.1, 0.15) is 17.5 Å². The van der Waals surface area contributed by atoms with Gasteiger partial charge in [-0.15, -0.1) is 0 Å². The normalized spacial score (nSPS) is 10.7. The van der Waals surface area contributed by atoms with Gasteiger partial charge in [0.15, 0.2) is 0 Å². The molecular formula is C18H13N3O3S. The Kier molecular flexibility index (Phi) is 4.64. The number of hydrogen-bond acceptors (Lipinski definition) is 5. The molecule has 0 aliphatic rings. The summed E-state index contributed by atoms with van der Waals surface area (Å²) in [4.78, 5) is 4.19. The maximum Gasteiger partial charge on any atom is 0.261 e. The van der Waals surface area contributed by atoms with Crippen LogP contribution in [0.3, 0.4) is 0 Å². The average Bonchev–Trinajstić information content (AvgIpc) is 2.62. The lowest BCUT2D eigenvalue weighted by molar-refractivity contribution is 0.463. The summed E-state index contributed by atoms with van der Waals surface area (Å²) >= 11 is 0. The number of rotatable bonds is 5. The molecule has 3 rings (SSSR count). The highest BCUT2D eigenvalue weighted by Crippen LogP contribution is 2.24. The zero-order valence-electron chi connectivity index (χ0n) is 13.0. The number of nitriles is 1. The molecule has 0 unspecified atom stereocenters. The molecule has 124 valence electrons. The van der Waals surface area contributed by atoms with E-state index in [0.29, 0.717) is 11.4 Å². The summed E-state index contributed by atoms with van der Waals surface area (Å²) in [6, 6.07) is 21.3. The fourth-order valence-electron chi connectivity index (χ4n) is 2.09. The number of anilines is 1. The highest BCUT2D eigenvalue weighted by Gasteiger charge is 2.13. The molecule has 0 radical (unpaired) electrons. The van der Waals surface area contributed by atoms with E-state index in [1.54, 1.807) is 60.7 Å². The van der Waals surface area contributed by atoms with E-state index in [4.69, 9.17) is 10.00 Å². The van der Waals surface area contributed by atoms with Crippen LogP contribution in [0, 0.1) is 11.3 Å². The number of sulfonamides is 1. The molecular weight excluding hydrogens is 338 g/mol. The Hall–Kier alpha value is -3.37. The Morgan fingerprint density at radius 3 is 2.48 bits per heavy atom. The molecule has 1 aromatic heterocycles. The summed E-state index contributed by atoms with van der Waals surface area (Å²) in [5.41, 5.74) is 0.594. The van der Waals surface area contributed by atoms with Crippen LogP contribution in [0.15, 0.2) is 77.7 Å². The molecule has 2 aromatic carbocycles. The van der Waals surface area contributed by atoms with Crippen LogP contribution in [0.5, 0.6) is 11.6 Å². The molecule has 0 atom stereocenters. The number of aromatic nitrogens is 1. The van der Waals surface area contributed by atoms with Crippen molar-refractivity contribution in [2.24, 2.45) is 0 Å². The zero-order valence-corrected chi connectivity index (χ0v) is 13.8. The summed E-state index contributed by atoms with van der Waals surface area (Å²) in [5.74, 6) is 0.651. The quantitative estimate of drug-likeness (QED) is 0.759. The Bertz CT molecular complexity index is 1030. The molecule has 1 heterocycles. The highest BCUT2D eigenvalue weighted by molar-refractivity contribution is 7.92. The van der Waals surface area contributed by atoms with Gasteiger partial charge in [-0.3, -0.25) is 4.72 Å². The maximum atomic E-state index is 12.4. The SMILES string of the molecule is N#Cc1cccc(Oc2cccc(NS(=O)(=O)c3ccccc3)c2)n1. The van der Waals surface area contributed by atoms with Crippen molar-refractivity contribution in [1.82, 2.24) is 4.98 Å². The average molecular weight is 351 g/mol. The molecule has 0 aliphatic carbocycles. The van der Waals surface area contributed by atoms with Crippen LogP contribution >= 0.6 is 0 Å². The van der Waals surface area contributed by atoms with Gasteiger partial charge in [-0.1, -0.05) is 30.3 Å². The molecule has 0 spiro atoms. The predicted molar refractivity (Wildman–Crippen MR) is 92.7 cm³/mol. The number of benzene rings is 2. The van der Waals surface area contributed by atoms with Gasteiger partial charge in [-0.05, 0) is 30.3 Å². The Morgan fingerprint density at radius 2 is 1.72 bits per heavy atom. The number of pyridine rings is 1. The number of ether oxygens (including phenoxy) is 1. The van der Waals surface area contributed by atoms with Crippen molar-refractivity contribution in [1.29, 1.82) is 5.26 Å². The molecule has 0 saturated carbocycles. The van der Waals surface area contributed by atoms with Crippen molar-refractivity contribution < 1.29 is 13.2 Å². The zero-order chi connectivity index (χ0) is 17.7. The second-order valence-corrected chi connectivity index (χ2v) is 6.70. The summed E-state index contributed by atoms with van der Waals surface area (Å²) in [5, 5.41) is 8.86. The van der Waals surface area contributed by atoms with Gasteiger partial charge in [0.25, 0.3) is 10.0 Å². The molecule has 0 saturated heterocycles. The number of nitrogens with one attached hydrogen (secondary N) is 1. The summed E-state index contributed by atoms with van der Waals surface area (Å²) in [6.07, 6.45) is 0. The second kappa shape index (κ2) is 7.03. The van der Waals surface area contributed by atoms with Crippen LogP contribution in [0.1, 0.15) is 5.69 Å². The second-order valence-electron chi connectivity index (χ2n) is 5.02. The van der Waals surface area contributed by atoms with Crippen molar-refractivity contribution in [3.8, 4) is 17.7 Å². The minimum atomic E-state index is -3.68. The minimum absolute atomic E-state index is 0.171. The Morgan fingerprint density at radius 1 is 0.960 bits per heavy atom. The monoisotopic (exact) mass is 351 g/mol. The van der Waals surface area contributed by atoms with Crippen molar-refractivity contribution in [3.05, 3.63) is 78.5 Å². The van der Waals surface area contributed by atoms with Gasteiger partial charge in [-0.2, -0.15) is 5.26 Å². The van der Waals surface area contributed by atoms with Gasteiger partial charge in [0.2, 0.25) is 5.88 Å². The van der Waals surface area contributed by atoms with E-state index in [2.05, 4.69) is 9.71 Å². The first-order valence-electron chi connectivity index (χ1n) is 7.30. The van der Waals surface area contributed by atoms with E-state index < -0.39 is 10.0 Å². The maximum absolute atomic E-state index is 12.4. The van der Waals surface area contributed by atoms with Crippen LogP contribution in [0.25, 0.3) is 0 Å². The lowest BCUT2D eigenvalue weighted by atomic mass is 10.3. The van der Waals surface area contributed by atoms with Crippen molar-refractivity contribution in [2.75, 3.05) is 4.72 Å². The molecule has 0 fully saturated rings. The first-order chi connectivity index (χ1) is 12.1. The molecule has 0 bridgehead atoms. The van der Waals surface area contributed by atoms with E-state index in [-0.39, 0.29) is 16.5 Å². The first kappa shape index (κ1) is 16.5. The third-order valence-corrected chi connectivity index (χ3v) is 4.60. The van der Waals surface area contributed by atoms with Crippen molar-refractivity contribution >= 4 is 15.7 Å². The Labute approximate surface area is 145 Å². The fraction of sp³-hybridized carbons (Fsp3) is 0. The predicted octanol–water partition coefficient (Wildman–Crippen LogP) is 3.55. The third kappa shape index (κ3) is 4.13. The van der Waals surface area contributed by atoms with E-state index in [9.17, 15) is 8.42 Å². The lowest BCUT2D eigenvalue weighted by Crippen LogP contribution is -2.12. The van der Waals surface area contributed by atoms with Gasteiger partial charge in [-0.25, -0.2) is 13.4 Å². The largest absolute Gasteiger partial charge is 0.439 e. The molecule has 6 nitrogen and oxygen atoms in total. The summed E-state index contributed by atoms with van der Waals surface area (Å²) < 4.78 is 32.8. The van der Waals surface area contributed by atoms with E-state index in [1.807, 2.05) is 6.07 Å². The number of hydrogen-bond donors (Lipinski definition) is 1. The van der Waals surface area contributed by atoms with Gasteiger partial charge in [0, 0.05) is 12.1 Å². The van der Waals surface area contributed by atoms with Gasteiger partial charge in [0.05, 0.1) is 10.6 Å². The molecule has 0 amide bonds. The van der Waals surface area contributed by atoms with E-state index in [1.165, 1.54) is 12.1 Å². The van der Waals surface area contributed by atoms with Crippen LogP contribution in [0.4, 0.5) is 5.69 Å². The van der Waals surface area contributed by atoms with E-state index >= 15 is 0 Å². The van der Waals surface area contributed by atoms with Crippen LogP contribution in [-0.2, 0) is 10.0 Å². The molecule has 1 N–H and O–H groups in total. The molecule has 7 heteroatoms. The van der Waals surface area contributed by atoms with Crippen molar-refractivity contribution in [3.63, 3.8) is 0 Å². The minimum Gasteiger partial charge on any atom is -0.439 e. The van der Waals surface area contributed by atoms with Crippen molar-refractivity contribution in [2.45, 2.75) is 4.90 Å². The number of nitrogens with zero attached hydrogens (tertiary/aromatic N) is 2. The fourth-order valence-corrected chi connectivity index (χ4v) is 3.16. The van der Waals surface area contributed by atoms with Crippen LogP contribution in [-0.4, -0.2) is 13.4 Å². The molecule has 25 heavy (non-hydrogen) atoms. The lowest BCUT2D eigenvalue weighted by Gasteiger charge is -2.10.